The summed E-state index contributed by atoms with van der Waals surface area (Å²) in [6.07, 6.45) is 3.00. The van der Waals surface area contributed by atoms with Crippen LogP contribution in [0, 0.1) is 3.57 Å². The van der Waals surface area contributed by atoms with E-state index in [1.807, 2.05) is 42.5 Å². The third-order valence-corrected chi connectivity index (χ3v) is 5.03. The molecule has 0 radical (unpaired) electrons. The first-order valence-electron chi connectivity index (χ1n) is 8.91. The lowest BCUT2D eigenvalue weighted by atomic mass is 10.2. The number of ether oxygens (including phenoxy) is 3. The molecule has 1 aliphatic heterocycles. The van der Waals surface area contributed by atoms with Gasteiger partial charge in [0.25, 0.3) is 5.79 Å². The highest BCUT2D eigenvalue weighted by Gasteiger charge is 2.45. The normalized spacial score (nSPS) is 17.5. The molecule has 5 nitrogen and oxygen atoms in total. The van der Waals surface area contributed by atoms with Crippen molar-refractivity contribution in [1.29, 1.82) is 0 Å². The topological polar surface area (TPSA) is 61.8 Å². The first-order chi connectivity index (χ1) is 13.0. The molecule has 0 aromatic heterocycles. The zero-order valence-corrected chi connectivity index (χ0v) is 17.0. The summed E-state index contributed by atoms with van der Waals surface area (Å²) in [5.41, 5.74) is 1.19. The molecule has 1 heterocycles. The quantitative estimate of drug-likeness (QED) is 0.365. The summed E-state index contributed by atoms with van der Waals surface area (Å²) in [6, 6.07) is 18.2. The molecular formula is C21H21IO5. The second-order valence-corrected chi connectivity index (χ2v) is 7.72. The van der Waals surface area contributed by atoms with Gasteiger partial charge in [-0.25, -0.2) is 0 Å². The van der Waals surface area contributed by atoms with Gasteiger partial charge in [0.2, 0.25) is 0 Å². The second kappa shape index (κ2) is 9.21. The molecule has 142 valence electrons. The molecule has 2 aromatic rings. The zero-order valence-electron chi connectivity index (χ0n) is 14.9. The van der Waals surface area contributed by atoms with Crippen molar-refractivity contribution in [2.75, 3.05) is 0 Å². The number of benzene rings is 2. The van der Waals surface area contributed by atoms with Crippen LogP contribution in [-0.2, 0) is 25.7 Å². The van der Waals surface area contributed by atoms with E-state index in [0.717, 1.165) is 18.6 Å². The average Bonchev–Trinajstić information content (AvgIpc) is 3.09. The van der Waals surface area contributed by atoms with Crippen molar-refractivity contribution in [3.05, 3.63) is 63.7 Å². The fourth-order valence-corrected chi connectivity index (χ4v) is 3.37. The Morgan fingerprint density at radius 2 is 1.48 bits per heavy atom. The molecule has 0 bridgehead atoms. The second-order valence-electron chi connectivity index (χ2n) is 6.47. The number of hydrogen-bond donors (Lipinski definition) is 0. The van der Waals surface area contributed by atoms with E-state index in [9.17, 15) is 9.59 Å². The van der Waals surface area contributed by atoms with Crippen molar-refractivity contribution in [3.8, 4) is 5.75 Å². The van der Waals surface area contributed by atoms with Gasteiger partial charge >= 0.3 is 11.9 Å². The van der Waals surface area contributed by atoms with Crippen molar-refractivity contribution >= 4 is 34.5 Å². The van der Waals surface area contributed by atoms with Crippen LogP contribution < -0.4 is 4.74 Å². The fourth-order valence-electron chi connectivity index (χ4n) is 3.02. The summed E-state index contributed by atoms with van der Waals surface area (Å²) in [7, 11) is 0. The Hall–Kier alpha value is -2.09. The molecule has 2 aliphatic rings. The minimum absolute atomic E-state index is 0.234. The van der Waals surface area contributed by atoms with Gasteiger partial charge in [-0.2, -0.15) is 0 Å². The number of carbonyl (C=O) groups is 2. The largest absolute Gasteiger partial charge is 0.489 e. The monoisotopic (exact) mass is 480 g/mol. The molecule has 2 aromatic carbocycles. The van der Waals surface area contributed by atoms with Crippen molar-refractivity contribution in [3.63, 3.8) is 0 Å². The summed E-state index contributed by atoms with van der Waals surface area (Å²) < 4.78 is 16.9. The zero-order chi connectivity index (χ0) is 19.1. The molecule has 1 saturated heterocycles. The molecule has 27 heavy (non-hydrogen) atoms. The Kier molecular flexibility index (Phi) is 6.71. The third-order valence-electron chi connectivity index (χ3n) is 4.32. The van der Waals surface area contributed by atoms with Crippen LogP contribution in [0.15, 0.2) is 54.6 Å². The van der Waals surface area contributed by atoms with Gasteiger partial charge in [0.05, 0.1) is 0 Å². The van der Waals surface area contributed by atoms with Crippen molar-refractivity contribution < 1.29 is 23.8 Å². The van der Waals surface area contributed by atoms with Gasteiger partial charge in [-0.3, -0.25) is 9.59 Å². The maximum Gasteiger partial charge on any atom is 0.320 e. The number of rotatable bonds is 3. The highest BCUT2D eigenvalue weighted by atomic mass is 127. The van der Waals surface area contributed by atoms with Gasteiger partial charge in [0, 0.05) is 16.4 Å². The van der Waals surface area contributed by atoms with Crippen molar-refractivity contribution in [2.45, 2.75) is 44.5 Å². The standard InChI is InChI=1S/C13H11IO.C8H10O4/c14-12-6-8-13(9-7-12)15-10-11-4-2-1-3-5-11;9-6-5-7(10)12-8(11-6)3-1-2-4-8/h1-9H,10H2;1-5H2. The maximum atomic E-state index is 10.9. The lowest BCUT2D eigenvalue weighted by Gasteiger charge is -2.31. The predicted octanol–water partition coefficient (Wildman–Crippen LogP) is 4.62. The van der Waals surface area contributed by atoms with E-state index in [2.05, 4.69) is 34.7 Å². The molecule has 0 amide bonds. The molecule has 0 unspecified atom stereocenters. The van der Waals surface area contributed by atoms with E-state index >= 15 is 0 Å². The number of halogens is 1. The Morgan fingerprint density at radius 1 is 0.889 bits per heavy atom. The Balaban J connectivity index is 0.000000159. The van der Waals surface area contributed by atoms with Gasteiger partial charge < -0.3 is 14.2 Å². The maximum absolute atomic E-state index is 10.9. The first-order valence-corrected chi connectivity index (χ1v) is 9.99. The van der Waals surface area contributed by atoms with Crippen LogP contribution in [0.4, 0.5) is 0 Å². The van der Waals surface area contributed by atoms with Gasteiger partial charge in [-0.05, 0) is 65.3 Å². The third kappa shape index (κ3) is 5.95. The summed E-state index contributed by atoms with van der Waals surface area (Å²) in [4.78, 5) is 21.8. The van der Waals surface area contributed by atoms with Gasteiger partial charge in [0.15, 0.2) is 0 Å². The van der Waals surface area contributed by atoms with Crippen LogP contribution in [0.2, 0.25) is 0 Å². The SMILES string of the molecule is Ic1ccc(OCc2ccccc2)cc1.O=C1CC(=O)OC2(CCCC2)O1. The van der Waals surface area contributed by atoms with Crippen LogP contribution in [0.1, 0.15) is 37.7 Å². The van der Waals surface area contributed by atoms with Crippen molar-refractivity contribution in [1.82, 2.24) is 0 Å². The predicted molar refractivity (Wildman–Crippen MR) is 108 cm³/mol. The molecule has 1 aliphatic carbocycles. The Morgan fingerprint density at radius 3 is 2.07 bits per heavy atom. The summed E-state index contributed by atoms with van der Waals surface area (Å²) >= 11 is 2.28. The van der Waals surface area contributed by atoms with E-state index in [-0.39, 0.29) is 6.42 Å². The van der Waals surface area contributed by atoms with Crippen molar-refractivity contribution in [2.24, 2.45) is 0 Å². The lowest BCUT2D eigenvalue weighted by Crippen LogP contribution is -2.42. The molecule has 0 atom stereocenters. The Bertz CT molecular complexity index is 749. The summed E-state index contributed by atoms with van der Waals surface area (Å²) in [5, 5.41) is 0. The molecule has 1 spiro atoms. The summed E-state index contributed by atoms with van der Waals surface area (Å²) in [5.74, 6) is -0.868. The van der Waals surface area contributed by atoms with Crippen LogP contribution >= 0.6 is 22.6 Å². The first kappa shape index (κ1) is 19.7. The molecular weight excluding hydrogens is 459 g/mol. The highest BCUT2D eigenvalue weighted by molar-refractivity contribution is 14.1. The van der Waals surface area contributed by atoms with Crippen LogP contribution in [-0.4, -0.2) is 17.7 Å². The molecule has 2 fully saturated rings. The van der Waals surface area contributed by atoms with Gasteiger partial charge in [-0.15, -0.1) is 0 Å². The fraction of sp³-hybridized carbons (Fsp3) is 0.333. The van der Waals surface area contributed by atoms with E-state index < -0.39 is 17.7 Å². The van der Waals surface area contributed by atoms with E-state index in [0.29, 0.717) is 19.4 Å². The molecule has 6 heteroatoms. The minimum Gasteiger partial charge on any atom is -0.489 e. The van der Waals surface area contributed by atoms with Crippen LogP contribution in [0.5, 0.6) is 5.75 Å². The summed E-state index contributed by atoms with van der Waals surface area (Å²) in [6.45, 7) is 0.626. The number of esters is 2. The van der Waals surface area contributed by atoms with Crippen LogP contribution in [0.25, 0.3) is 0 Å². The highest BCUT2D eigenvalue weighted by Crippen LogP contribution is 2.37. The van der Waals surface area contributed by atoms with Gasteiger partial charge in [0.1, 0.15) is 18.8 Å². The molecule has 0 N–H and O–H groups in total. The minimum atomic E-state index is -0.883. The average molecular weight is 480 g/mol. The van der Waals surface area contributed by atoms with Gasteiger partial charge in [-0.1, -0.05) is 30.3 Å². The van der Waals surface area contributed by atoms with E-state index in [1.165, 1.54) is 9.13 Å². The smallest absolute Gasteiger partial charge is 0.320 e. The number of hydrogen-bond acceptors (Lipinski definition) is 5. The molecule has 4 rings (SSSR count). The lowest BCUT2D eigenvalue weighted by molar-refractivity contribution is -0.241. The number of carbonyl (C=O) groups excluding carboxylic acids is 2. The van der Waals surface area contributed by atoms with E-state index in [4.69, 9.17) is 14.2 Å². The van der Waals surface area contributed by atoms with E-state index in [1.54, 1.807) is 0 Å². The van der Waals surface area contributed by atoms with Crippen LogP contribution in [0.3, 0.4) is 0 Å². The molecule has 1 saturated carbocycles. The Labute approximate surface area is 172 Å².